The molecular formula is C23H22ClN5O6S. The average molecular weight is 532 g/mol. The number of alkyl halides is 1. The van der Waals surface area contributed by atoms with E-state index < -0.39 is 25.5 Å². The van der Waals surface area contributed by atoms with Gasteiger partial charge < -0.3 is 9.84 Å². The number of nitro groups is 1. The largest absolute Gasteiger partial charge is 0.506 e. The number of nitrogens with one attached hydrogen (secondary N) is 1. The maximum atomic E-state index is 13.7. The standard InChI is InChI=1S/C23H22ClN5O6S/c24-8-11-35-10-3-9-28(36(33,34)22-5-2-1-4-21(22)29(31)32)17-6-7-20-19(13-17)23(27-26-20)16-12-18(30)15-25-14-16/h1-2,4-7,12-15,30H,3,8-11H2,(H,26,27). The number of aromatic nitrogens is 3. The fourth-order valence-electron chi connectivity index (χ4n) is 3.73. The monoisotopic (exact) mass is 531 g/mol. The first-order valence-corrected chi connectivity index (χ1v) is 12.8. The molecule has 0 amide bonds. The van der Waals surface area contributed by atoms with Crippen LogP contribution in [0, 0.1) is 10.1 Å². The second kappa shape index (κ2) is 10.9. The number of ether oxygens (including phenoxy) is 1. The number of anilines is 1. The molecule has 2 N–H and O–H groups in total. The average Bonchev–Trinajstić information content (AvgIpc) is 3.29. The van der Waals surface area contributed by atoms with E-state index >= 15 is 0 Å². The van der Waals surface area contributed by atoms with Crippen molar-refractivity contribution in [1.82, 2.24) is 15.2 Å². The number of rotatable bonds is 11. The Kier molecular flexibility index (Phi) is 7.67. The lowest BCUT2D eigenvalue weighted by Gasteiger charge is -2.24. The minimum atomic E-state index is -4.33. The summed E-state index contributed by atoms with van der Waals surface area (Å²) in [4.78, 5) is 14.4. The topological polar surface area (TPSA) is 152 Å². The van der Waals surface area contributed by atoms with E-state index in [2.05, 4.69) is 15.2 Å². The zero-order valence-corrected chi connectivity index (χ0v) is 20.4. The number of nitrogens with zero attached hydrogens (tertiary/aromatic N) is 4. The van der Waals surface area contributed by atoms with Crippen LogP contribution in [-0.4, -0.2) is 59.3 Å². The highest BCUT2D eigenvalue weighted by Gasteiger charge is 2.32. The lowest BCUT2D eigenvalue weighted by molar-refractivity contribution is -0.387. The number of fused-ring (bicyclic) bond motifs is 1. The van der Waals surface area contributed by atoms with Gasteiger partial charge in [-0.1, -0.05) is 12.1 Å². The molecular weight excluding hydrogens is 510 g/mol. The van der Waals surface area contributed by atoms with Gasteiger partial charge in [0, 0.05) is 42.2 Å². The summed E-state index contributed by atoms with van der Waals surface area (Å²) in [5.74, 6) is 0.263. The van der Waals surface area contributed by atoms with E-state index in [1.807, 2.05) is 0 Å². The van der Waals surface area contributed by atoms with Crippen molar-refractivity contribution in [3.8, 4) is 17.0 Å². The van der Waals surface area contributed by atoms with Gasteiger partial charge in [-0.2, -0.15) is 5.10 Å². The number of benzene rings is 2. The van der Waals surface area contributed by atoms with Crippen LogP contribution in [0.25, 0.3) is 22.2 Å². The molecule has 0 unspecified atom stereocenters. The molecule has 188 valence electrons. The van der Waals surface area contributed by atoms with Crippen LogP contribution in [0.1, 0.15) is 6.42 Å². The van der Waals surface area contributed by atoms with E-state index in [-0.39, 0.29) is 24.6 Å². The van der Waals surface area contributed by atoms with Crippen LogP contribution < -0.4 is 4.31 Å². The molecule has 36 heavy (non-hydrogen) atoms. The van der Waals surface area contributed by atoms with Crippen molar-refractivity contribution in [3.63, 3.8) is 0 Å². The number of hydrogen-bond acceptors (Lipinski definition) is 8. The number of halogens is 1. The highest BCUT2D eigenvalue weighted by molar-refractivity contribution is 7.93. The molecule has 11 nitrogen and oxygen atoms in total. The lowest BCUT2D eigenvalue weighted by atomic mass is 10.1. The van der Waals surface area contributed by atoms with Crippen molar-refractivity contribution in [1.29, 1.82) is 0 Å². The van der Waals surface area contributed by atoms with Gasteiger partial charge in [0.1, 0.15) is 11.4 Å². The molecule has 0 aliphatic carbocycles. The van der Waals surface area contributed by atoms with E-state index in [1.165, 1.54) is 36.7 Å². The van der Waals surface area contributed by atoms with Crippen LogP contribution in [0.15, 0.2) is 65.8 Å². The summed E-state index contributed by atoms with van der Waals surface area (Å²) < 4.78 is 34.0. The van der Waals surface area contributed by atoms with Gasteiger partial charge in [0.25, 0.3) is 15.7 Å². The first-order chi connectivity index (χ1) is 17.3. The van der Waals surface area contributed by atoms with Crippen molar-refractivity contribution in [2.75, 3.05) is 29.9 Å². The smallest absolute Gasteiger partial charge is 0.289 e. The molecule has 0 aliphatic rings. The first-order valence-electron chi connectivity index (χ1n) is 10.9. The van der Waals surface area contributed by atoms with Gasteiger partial charge in [0.2, 0.25) is 0 Å². The van der Waals surface area contributed by atoms with Crippen LogP contribution in [0.2, 0.25) is 0 Å². The summed E-state index contributed by atoms with van der Waals surface area (Å²) in [7, 11) is -4.33. The minimum Gasteiger partial charge on any atom is -0.506 e. The fourth-order valence-corrected chi connectivity index (χ4v) is 5.50. The number of aromatic hydroxyl groups is 1. The van der Waals surface area contributed by atoms with Crippen molar-refractivity contribution in [2.24, 2.45) is 0 Å². The second-order valence-corrected chi connectivity index (χ2v) is 9.90. The number of H-pyrrole nitrogens is 1. The summed E-state index contributed by atoms with van der Waals surface area (Å²) in [6, 6.07) is 11.6. The predicted molar refractivity (Wildman–Crippen MR) is 135 cm³/mol. The third kappa shape index (κ3) is 5.25. The molecule has 2 aromatic heterocycles. The molecule has 0 atom stereocenters. The fraction of sp³-hybridized carbons (Fsp3) is 0.217. The maximum absolute atomic E-state index is 13.7. The zero-order valence-electron chi connectivity index (χ0n) is 18.9. The van der Waals surface area contributed by atoms with Gasteiger partial charge in [-0.3, -0.25) is 24.5 Å². The Bertz CT molecular complexity index is 1490. The molecule has 0 saturated carbocycles. The highest BCUT2D eigenvalue weighted by Crippen LogP contribution is 2.34. The number of aromatic amines is 1. The summed E-state index contributed by atoms with van der Waals surface area (Å²) in [5.41, 5.74) is 1.39. The summed E-state index contributed by atoms with van der Waals surface area (Å²) in [5, 5.41) is 29.2. The van der Waals surface area contributed by atoms with E-state index in [4.69, 9.17) is 16.3 Å². The molecule has 0 saturated heterocycles. The third-order valence-corrected chi connectivity index (χ3v) is 7.36. The molecule has 2 heterocycles. The van der Waals surface area contributed by atoms with E-state index in [0.29, 0.717) is 41.1 Å². The normalized spacial score (nSPS) is 11.6. The van der Waals surface area contributed by atoms with Gasteiger partial charge >= 0.3 is 0 Å². The molecule has 2 aromatic carbocycles. The third-order valence-electron chi connectivity index (χ3n) is 5.33. The summed E-state index contributed by atoms with van der Waals surface area (Å²) in [6.45, 7) is 0.577. The molecule has 0 aliphatic heterocycles. The van der Waals surface area contributed by atoms with Gasteiger partial charge in [-0.25, -0.2) is 8.42 Å². The van der Waals surface area contributed by atoms with E-state index in [0.717, 1.165) is 10.4 Å². The zero-order chi connectivity index (χ0) is 25.7. The van der Waals surface area contributed by atoms with Gasteiger partial charge in [0.05, 0.1) is 28.9 Å². The Morgan fingerprint density at radius 1 is 1.14 bits per heavy atom. The lowest BCUT2D eigenvalue weighted by Crippen LogP contribution is -2.33. The Morgan fingerprint density at radius 2 is 1.94 bits per heavy atom. The van der Waals surface area contributed by atoms with Crippen molar-refractivity contribution in [3.05, 3.63) is 71.0 Å². The molecule has 0 fully saturated rings. The maximum Gasteiger partial charge on any atom is 0.289 e. The van der Waals surface area contributed by atoms with Crippen LogP contribution in [0.4, 0.5) is 11.4 Å². The number of hydrogen-bond donors (Lipinski definition) is 2. The molecule has 4 aromatic rings. The number of nitro benzene ring substituents is 1. The van der Waals surface area contributed by atoms with E-state index in [1.54, 1.807) is 18.2 Å². The molecule has 13 heteroatoms. The molecule has 4 rings (SSSR count). The van der Waals surface area contributed by atoms with Gasteiger partial charge in [0.15, 0.2) is 4.90 Å². The highest BCUT2D eigenvalue weighted by atomic mass is 35.5. The van der Waals surface area contributed by atoms with Crippen LogP contribution >= 0.6 is 11.6 Å². The Hall–Kier alpha value is -3.74. The quantitative estimate of drug-likeness (QED) is 0.127. The number of para-hydroxylation sites is 1. The first kappa shape index (κ1) is 25.4. The molecule has 0 radical (unpaired) electrons. The SMILES string of the molecule is O=[N+]([O-])c1ccccc1S(=O)(=O)N(CCCOCCCl)c1ccc2[nH]nc(-c3cncc(O)c3)c2c1. The number of sulfonamides is 1. The van der Waals surface area contributed by atoms with Crippen molar-refractivity contribution >= 4 is 43.9 Å². The van der Waals surface area contributed by atoms with Crippen LogP contribution in [-0.2, 0) is 14.8 Å². The van der Waals surface area contributed by atoms with Crippen molar-refractivity contribution < 1.29 is 23.2 Å². The Labute approximate surface area is 211 Å². The Morgan fingerprint density at radius 3 is 2.69 bits per heavy atom. The Balaban J connectivity index is 1.80. The van der Waals surface area contributed by atoms with Gasteiger partial charge in [-0.05, 0) is 36.8 Å². The molecule has 0 bridgehead atoms. The number of pyridine rings is 1. The molecule has 0 spiro atoms. The van der Waals surface area contributed by atoms with E-state index in [9.17, 15) is 23.6 Å². The van der Waals surface area contributed by atoms with Crippen molar-refractivity contribution in [2.45, 2.75) is 11.3 Å². The predicted octanol–water partition coefficient (Wildman–Crippen LogP) is 4.08. The summed E-state index contributed by atoms with van der Waals surface area (Å²) >= 11 is 5.63. The summed E-state index contributed by atoms with van der Waals surface area (Å²) in [6.07, 6.45) is 3.14. The minimum absolute atomic E-state index is 0.00302. The van der Waals surface area contributed by atoms with Gasteiger partial charge in [-0.15, -0.1) is 11.6 Å². The second-order valence-electron chi connectivity index (χ2n) is 7.69. The van der Waals surface area contributed by atoms with Crippen LogP contribution in [0.5, 0.6) is 5.75 Å². The van der Waals surface area contributed by atoms with Crippen LogP contribution in [0.3, 0.4) is 0 Å².